The molecule has 0 aromatic heterocycles. The van der Waals surface area contributed by atoms with Gasteiger partial charge in [0.05, 0.1) is 0 Å². The van der Waals surface area contributed by atoms with Crippen molar-refractivity contribution in [2.45, 2.75) is 45.0 Å². The van der Waals surface area contributed by atoms with Crippen molar-refractivity contribution >= 4 is 18.4 Å². The number of urea groups is 1. The van der Waals surface area contributed by atoms with Gasteiger partial charge in [0, 0.05) is 37.8 Å². The van der Waals surface area contributed by atoms with Gasteiger partial charge in [-0.05, 0) is 43.0 Å². The molecule has 2 aliphatic rings. The summed E-state index contributed by atoms with van der Waals surface area (Å²) in [6.45, 7) is 0.598. The van der Waals surface area contributed by atoms with E-state index in [0.29, 0.717) is 19.6 Å². The van der Waals surface area contributed by atoms with Crippen LogP contribution in [0.5, 0.6) is 5.75 Å². The van der Waals surface area contributed by atoms with Crippen LogP contribution in [0.3, 0.4) is 0 Å². The lowest BCUT2D eigenvalue weighted by molar-refractivity contribution is -0.0508. The number of carbonyl (C=O) groups excluding carboxylic acids is 1. The van der Waals surface area contributed by atoms with E-state index in [4.69, 9.17) is 0 Å². The van der Waals surface area contributed by atoms with Crippen LogP contribution in [-0.2, 0) is 19.5 Å². The van der Waals surface area contributed by atoms with Crippen molar-refractivity contribution in [3.63, 3.8) is 0 Å². The van der Waals surface area contributed by atoms with E-state index in [0.717, 1.165) is 37.9 Å². The number of hydrogen-bond acceptors (Lipinski definition) is 3. The first kappa shape index (κ1) is 23.3. The van der Waals surface area contributed by atoms with Crippen LogP contribution in [0.1, 0.15) is 29.5 Å². The monoisotopic (exact) mass is 451 g/mol. The molecular weight excluding hydrogens is 424 g/mol. The maximum absolute atomic E-state index is 12.8. The predicted molar refractivity (Wildman–Crippen MR) is 118 cm³/mol. The maximum Gasteiger partial charge on any atom is 0.387 e. The fourth-order valence-corrected chi connectivity index (χ4v) is 4.34. The summed E-state index contributed by atoms with van der Waals surface area (Å²) in [7, 11) is 0. The molecule has 1 atom stereocenters. The molecule has 2 aliphatic heterocycles. The number of benzene rings is 2. The van der Waals surface area contributed by atoms with Gasteiger partial charge in [-0.1, -0.05) is 42.5 Å². The molecule has 2 amide bonds. The minimum Gasteiger partial charge on any atom is -0.434 e. The smallest absolute Gasteiger partial charge is 0.387 e. The molecule has 8 heteroatoms. The van der Waals surface area contributed by atoms with E-state index in [1.807, 2.05) is 29.2 Å². The number of likely N-dealkylation sites (tertiary alicyclic amines) is 1. The quantitative estimate of drug-likeness (QED) is 0.730. The number of para-hydroxylation sites is 1. The Kier molecular flexibility index (Phi) is 8.09. The Morgan fingerprint density at radius 2 is 1.84 bits per heavy atom. The molecule has 2 aromatic carbocycles. The highest BCUT2D eigenvalue weighted by atomic mass is 35.5. The van der Waals surface area contributed by atoms with Crippen LogP contribution in [0, 0.1) is 0 Å². The average Bonchev–Trinajstić information content (AvgIpc) is 2.75. The van der Waals surface area contributed by atoms with Gasteiger partial charge in [-0.25, -0.2) is 4.79 Å². The lowest BCUT2D eigenvalue weighted by atomic mass is 10.00. The summed E-state index contributed by atoms with van der Waals surface area (Å²) in [6, 6.07) is 15.2. The van der Waals surface area contributed by atoms with Gasteiger partial charge in [0.2, 0.25) is 0 Å². The minimum absolute atomic E-state index is 0. The molecule has 0 aliphatic carbocycles. The number of hydrogen-bond donors (Lipinski definition) is 1. The Balaban J connectivity index is 0.00000272. The molecule has 1 N–H and O–H groups in total. The molecule has 5 nitrogen and oxygen atoms in total. The summed E-state index contributed by atoms with van der Waals surface area (Å²) in [5, 5.41) is 3.18. The van der Waals surface area contributed by atoms with Gasteiger partial charge in [-0.2, -0.15) is 8.78 Å². The number of carbonyl (C=O) groups is 1. The molecular formula is C23H28ClF2N3O2. The number of nitrogens with zero attached hydrogens (tertiary/aromatic N) is 2. The summed E-state index contributed by atoms with van der Waals surface area (Å²) in [5.41, 5.74) is 3.26. The van der Waals surface area contributed by atoms with Gasteiger partial charge < -0.3 is 15.0 Å². The van der Waals surface area contributed by atoms with Gasteiger partial charge in [-0.15, -0.1) is 12.4 Å². The molecule has 0 bridgehead atoms. The van der Waals surface area contributed by atoms with Gasteiger partial charge in [0.1, 0.15) is 5.75 Å². The largest absolute Gasteiger partial charge is 0.434 e. The lowest BCUT2D eigenvalue weighted by Crippen LogP contribution is -2.52. The first-order valence-electron chi connectivity index (χ1n) is 10.5. The van der Waals surface area contributed by atoms with E-state index in [9.17, 15) is 13.6 Å². The molecule has 1 saturated heterocycles. The van der Waals surface area contributed by atoms with Crippen molar-refractivity contribution in [3.05, 3.63) is 65.2 Å². The number of fused-ring (bicyclic) bond motifs is 1. The number of amides is 2. The van der Waals surface area contributed by atoms with Crippen LogP contribution in [0.15, 0.2) is 48.5 Å². The summed E-state index contributed by atoms with van der Waals surface area (Å²) in [4.78, 5) is 16.9. The molecule has 0 saturated carbocycles. The molecule has 4 rings (SSSR count). The van der Waals surface area contributed by atoms with Crippen molar-refractivity contribution in [2.75, 3.05) is 19.6 Å². The summed E-state index contributed by atoms with van der Waals surface area (Å²) in [6.07, 6.45) is 2.74. The van der Waals surface area contributed by atoms with E-state index < -0.39 is 6.61 Å². The number of nitrogens with one attached hydrogen (secondary N) is 1. The number of piperidine rings is 1. The number of halogens is 3. The van der Waals surface area contributed by atoms with Gasteiger partial charge >= 0.3 is 12.6 Å². The molecule has 2 heterocycles. The van der Waals surface area contributed by atoms with Crippen LogP contribution in [0.4, 0.5) is 13.6 Å². The van der Waals surface area contributed by atoms with Crippen molar-refractivity contribution in [2.24, 2.45) is 0 Å². The maximum atomic E-state index is 12.8. The van der Waals surface area contributed by atoms with Crippen LogP contribution >= 0.6 is 12.4 Å². The highest BCUT2D eigenvalue weighted by molar-refractivity contribution is 5.85. The van der Waals surface area contributed by atoms with Crippen molar-refractivity contribution < 1.29 is 18.3 Å². The predicted octanol–water partition coefficient (Wildman–Crippen LogP) is 4.44. The van der Waals surface area contributed by atoms with Gasteiger partial charge in [-0.3, -0.25) is 4.90 Å². The van der Waals surface area contributed by atoms with Crippen LogP contribution in [-0.4, -0.2) is 48.1 Å². The zero-order valence-electron chi connectivity index (χ0n) is 17.3. The number of ether oxygens (including phenoxy) is 1. The van der Waals surface area contributed by atoms with E-state index in [-0.39, 0.29) is 30.2 Å². The Labute approximate surface area is 187 Å². The summed E-state index contributed by atoms with van der Waals surface area (Å²) in [5.74, 6) is 0.214. The summed E-state index contributed by atoms with van der Waals surface area (Å²) < 4.78 is 30.0. The zero-order chi connectivity index (χ0) is 20.9. The van der Waals surface area contributed by atoms with E-state index >= 15 is 0 Å². The van der Waals surface area contributed by atoms with Crippen LogP contribution in [0.2, 0.25) is 0 Å². The first-order chi connectivity index (χ1) is 14.6. The second-order valence-electron chi connectivity index (χ2n) is 7.95. The third-order valence-corrected chi connectivity index (χ3v) is 5.83. The average molecular weight is 452 g/mol. The Hall–Kier alpha value is -2.38. The Bertz CT molecular complexity index is 883. The third-order valence-electron chi connectivity index (χ3n) is 5.83. The fraction of sp³-hybridized carbons (Fsp3) is 0.435. The minimum atomic E-state index is -2.84. The highest BCUT2D eigenvalue weighted by Gasteiger charge is 2.26. The van der Waals surface area contributed by atoms with Crippen molar-refractivity contribution in [1.82, 2.24) is 15.1 Å². The Morgan fingerprint density at radius 3 is 2.65 bits per heavy atom. The Morgan fingerprint density at radius 1 is 1.10 bits per heavy atom. The molecule has 0 spiro atoms. The van der Waals surface area contributed by atoms with Crippen molar-refractivity contribution in [3.8, 4) is 5.75 Å². The normalized spacial score (nSPS) is 18.8. The molecule has 1 fully saturated rings. The second kappa shape index (κ2) is 10.8. The van der Waals surface area contributed by atoms with Crippen LogP contribution < -0.4 is 10.1 Å². The van der Waals surface area contributed by atoms with E-state index in [2.05, 4.69) is 27.1 Å². The van der Waals surface area contributed by atoms with Crippen molar-refractivity contribution in [1.29, 1.82) is 0 Å². The zero-order valence-corrected chi connectivity index (χ0v) is 18.1. The fourth-order valence-electron chi connectivity index (χ4n) is 4.34. The third kappa shape index (κ3) is 6.08. The van der Waals surface area contributed by atoms with Gasteiger partial charge in [0.15, 0.2) is 0 Å². The van der Waals surface area contributed by atoms with Gasteiger partial charge in [0.25, 0.3) is 0 Å². The van der Waals surface area contributed by atoms with E-state index in [1.165, 1.54) is 11.1 Å². The molecule has 168 valence electrons. The molecule has 31 heavy (non-hydrogen) atoms. The van der Waals surface area contributed by atoms with E-state index in [1.54, 1.807) is 12.1 Å². The lowest BCUT2D eigenvalue weighted by Gasteiger charge is -2.35. The number of rotatable bonds is 5. The van der Waals surface area contributed by atoms with Crippen LogP contribution in [0.25, 0.3) is 0 Å². The standard InChI is InChI=1S/C23H27F2N3O2.ClH/c24-22(25)30-21-10-4-3-8-19(21)14-27-12-5-9-20(16-27)26-23(29)28-13-11-17-6-1-2-7-18(17)15-28;/h1-4,6-8,10,20,22H,5,9,11-16H2,(H,26,29);1H. The topological polar surface area (TPSA) is 44.8 Å². The molecule has 0 radical (unpaired) electrons. The molecule has 1 unspecified atom stereocenters. The SMILES string of the molecule is Cl.O=C(NC1CCCN(Cc2ccccc2OC(F)F)C1)N1CCc2ccccc2C1. The highest BCUT2D eigenvalue weighted by Crippen LogP contribution is 2.24. The second-order valence-corrected chi connectivity index (χ2v) is 7.95. The molecule has 2 aromatic rings. The number of alkyl halides is 2. The summed E-state index contributed by atoms with van der Waals surface area (Å²) >= 11 is 0. The first-order valence-corrected chi connectivity index (χ1v) is 10.5.